The van der Waals surface area contributed by atoms with Gasteiger partial charge in [-0.3, -0.25) is 4.79 Å². The molecule has 4 heteroatoms. The van der Waals surface area contributed by atoms with Crippen LogP contribution in [0.4, 0.5) is 0 Å². The van der Waals surface area contributed by atoms with Crippen LogP contribution in [0.2, 0.25) is 0 Å². The smallest absolute Gasteiger partial charge is 0.225 e. The number of carbonyl (C=O) groups is 1. The van der Waals surface area contributed by atoms with Crippen LogP contribution in [0.1, 0.15) is 45.4 Å². The van der Waals surface area contributed by atoms with E-state index < -0.39 is 0 Å². The second-order valence-corrected chi connectivity index (χ2v) is 7.07. The summed E-state index contributed by atoms with van der Waals surface area (Å²) in [5.74, 6) is 1.52. The quantitative estimate of drug-likeness (QED) is 0.851. The standard InChI is InChI=1S/C16H28N2O2/c1-12-10-15(19)6-9-18(12)11-13-4-7-17(8-5-13)16(20)14-2-3-14/h12-15,19H,2-11H2,1H3. The van der Waals surface area contributed by atoms with Gasteiger partial charge in [0, 0.05) is 38.1 Å². The lowest BCUT2D eigenvalue weighted by molar-refractivity contribution is -0.134. The zero-order valence-electron chi connectivity index (χ0n) is 12.6. The number of amides is 1. The van der Waals surface area contributed by atoms with E-state index in [2.05, 4.69) is 16.7 Å². The van der Waals surface area contributed by atoms with Gasteiger partial charge in [-0.15, -0.1) is 0 Å². The number of hydrogen-bond donors (Lipinski definition) is 1. The van der Waals surface area contributed by atoms with Gasteiger partial charge < -0.3 is 14.9 Å². The van der Waals surface area contributed by atoms with Crippen LogP contribution < -0.4 is 0 Å². The number of aliphatic hydroxyl groups excluding tert-OH is 1. The van der Waals surface area contributed by atoms with E-state index in [1.54, 1.807) is 0 Å². The first-order valence-electron chi connectivity index (χ1n) is 8.34. The van der Waals surface area contributed by atoms with Crippen molar-refractivity contribution in [2.75, 3.05) is 26.2 Å². The van der Waals surface area contributed by atoms with E-state index in [0.29, 0.717) is 17.9 Å². The first-order chi connectivity index (χ1) is 9.63. The Hall–Kier alpha value is -0.610. The highest BCUT2D eigenvalue weighted by Crippen LogP contribution is 2.32. The maximum Gasteiger partial charge on any atom is 0.225 e. The molecule has 0 aromatic rings. The molecule has 0 bridgehead atoms. The minimum absolute atomic E-state index is 0.0979. The van der Waals surface area contributed by atoms with E-state index in [1.165, 1.54) is 0 Å². The lowest BCUT2D eigenvalue weighted by Gasteiger charge is -2.40. The fourth-order valence-corrected chi connectivity index (χ4v) is 3.72. The number of nitrogens with zero attached hydrogens (tertiary/aromatic N) is 2. The highest BCUT2D eigenvalue weighted by atomic mass is 16.3. The van der Waals surface area contributed by atoms with Gasteiger partial charge in [-0.1, -0.05) is 0 Å². The van der Waals surface area contributed by atoms with Gasteiger partial charge in [-0.05, 0) is 51.4 Å². The fourth-order valence-electron chi connectivity index (χ4n) is 3.72. The Labute approximate surface area is 122 Å². The van der Waals surface area contributed by atoms with Gasteiger partial charge in [0.1, 0.15) is 0 Å². The predicted molar refractivity (Wildman–Crippen MR) is 78.3 cm³/mol. The normalized spacial score (nSPS) is 33.4. The van der Waals surface area contributed by atoms with Crippen LogP contribution in [0.5, 0.6) is 0 Å². The Balaban J connectivity index is 1.43. The van der Waals surface area contributed by atoms with E-state index in [0.717, 1.165) is 70.6 Å². The lowest BCUT2D eigenvalue weighted by Crippen LogP contribution is -2.47. The topological polar surface area (TPSA) is 43.8 Å². The third-order valence-electron chi connectivity index (χ3n) is 5.33. The molecule has 20 heavy (non-hydrogen) atoms. The largest absolute Gasteiger partial charge is 0.393 e. The maximum atomic E-state index is 12.0. The molecule has 1 amide bonds. The second-order valence-electron chi connectivity index (χ2n) is 7.07. The zero-order valence-corrected chi connectivity index (χ0v) is 12.6. The molecule has 114 valence electrons. The van der Waals surface area contributed by atoms with Crippen LogP contribution in [0.15, 0.2) is 0 Å². The number of aliphatic hydroxyl groups is 1. The molecule has 3 rings (SSSR count). The van der Waals surface area contributed by atoms with E-state index in [4.69, 9.17) is 0 Å². The Morgan fingerprint density at radius 2 is 1.80 bits per heavy atom. The van der Waals surface area contributed by atoms with Crippen LogP contribution in [0.25, 0.3) is 0 Å². The molecule has 4 nitrogen and oxygen atoms in total. The molecule has 2 atom stereocenters. The monoisotopic (exact) mass is 280 g/mol. The Morgan fingerprint density at radius 3 is 2.40 bits per heavy atom. The fraction of sp³-hybridized carbons (Fsp3) is 0.938. The summed E-state index contributed by atoms with van der Waals surface area (Å²) in [6.07, 6.45) is 6.29. The summed E-state index contributed by atoms with van der Waals surface area (Å²) < 4.78 is 0. The third kappa shape index (κ3) is 3.34. The van der Waals surface area contributed by atoms with Crippen LogP contribution in [0, 0.1) is 11.8 Å². The van der Waals surface area contributed by atoms with Crippen molar-refractivity contribution in [3.8, 4) is 0 Å². The predicted octanol–water partition coefficient (Wildman–Crippen LogP) is 1.48. The van der Waals surface area contributed by atoms with E-state index in [9.17, 15) is 9.90 Å². The summed E-state index contributed by atoms with van der Waals surface area (Å²) in [4.78, 5) is 16.7. The van der Waals surface area contributed by atoms with Crippen molar-refractivity contribution in [1.29, 1.82) is 0 Å². The van der Waals surface area contributed by atoms with Crippen LogP contribution in [-0.2, 0) is 4.79 Å². The molecule has 3 fully saturated rings. The van der Waals surface area contributed by atoms with Crippen molar-refractivity contribution in [3.63, 3.8) is 0 Å². The molecule has 2 saturated heterocycles. The molecular formula is C16H28N2O2. The Morgan fingerprint density at radius 1 is 1.10 bits per heavy atom. The number of carbonyl (C=O) groups excluding carboxylic acids is 1. The lowest BCUT2D eigenvalue weighted by atomic mass is 9.93. The number of likely N-dealkylation sites (tertiary alicyclic amines) is 2. The van der Waals surface area contributed by atoms with Gasteiger partial charge in [0.25, 0.3) is 0 Å². The number of rotatable bonds is 3. The Kier molecular flexibility index (Phi) is 4.32. The number of hydrogen-bond acceptors (Lipinski definition) is 3. The van der Waals surface area contributed by atoms with Crippen molar-refractivity contribution in [3.05, 3.63) is 0 Å². The first-order valence-corrected chi connectivity index (χ1v) is 8.34. The van der Waals surface area contributed by atoms with E-state index in [-0.39, 0.29) is 6.10 Å². The summed E-state index contributed by atoms with van der Waals surface area (Å²) in [5, 5.41) is 9.69. The van der Waals surface area contributed by atoms with Gasteiger partial charge in [0.05, 0.1) is 6.10 Å². The average Bonchev–Trinajstić information content (AvgIpc) is 3.26. The molecule has 1 N–H and O–H groups in total. The molecular weight excluding hydrogens is 252 g/mol. The van der Waals surface area contributed by atoms with Crippen LogP contribution in [-0.4, -0.2) is 59.1 Å². The molecule has 0 aromatic heterocycles. The zero-order chi connectivity index (χ0) is 14.1. The molecule has 2 heterocycles. The van der Waals surface area contributed by atoms with Crippen molar-refractivity contribution in [2.45, 2.75) is 57.6 Å². The van der Waals surface area contributed by atoms with Crippen molar-refractivity contribution in [1.82, 2.24) is 9.80 Å². The van der Waals surface area contributed by atoms with Crippen molar-refractivity contribution < 1.29 is 9.90 Å². The van der Waals surface area contributed by atoms with Gasteiger partial charge in [-0.2, -0.15) is 0 Å². The maximum absolute atomic E-state index is 12.0. The Bertz CT molecular complexity index is 348. The first kappa shape index (κ1) is 14.3. The van der Waals surface area contributed by atoms with Gasteiger partial charge in [-0.25, -0.2) is 0 Å². The van der Waals surface area contributed by atoms with Gasteiger partial charge in [0.15, 0.2) is 0 Å². The molecule has 1 aliphatic carbocycles. The molecule has 2 unspecified atom stereocenters. The van der Waals surface area contributed by atoms with Gasteiger partial charge >= 0.3 is 0 Å². The summed E-state index contributed by atoms with van der Waals surface area (Å²) in [7, 11) is 0. The highest BCUT2D eigenvalue weighted by Gasteiger charge is 2.35. The van der Waals surface area contributed by atoms with Crippen molar-refractivity contribution >= 4 is 5.91 Å². The molecule has 2 aliphatic heterocycles. The molecule has 1 saturated carbocycles. The molecule has 0 radical (unpaired) electrons. The molecule has 0 aromatic carbocycles. The van der Waals surface area contributed by atoms with E-state index in [1.807, 2.05) is 0 Å². The summed E-state index contributed by atoms with van der Waals surface area (Å²) in [6, 6.07) is 0.505. The highest BCUT2D eigenvalue weighted by molar-refractivity contribution is 5.81. The SMILES string of the molecule is CC1CC(O)CCN1CC1CCN(C(=O)C2CC2)CC1. The van der Waals surface area contributed by atoms with Crippen LogP contribution >= 0.6 is 0 Å². The minimum Gasteiger partial charge on any atom is -0.393 e. The summed E-state index contributed by atoms with van der Waals surface area (Å²) in [5.41, 5.74) is 0. The minimum atomic E-state index is -0.0979. The summed E-state index contributed by atoms with van der Waals surface area (Å²) in [6.45, 7) is 6.34. The van der Waals surface area contributed by atoms with Gasteiger partial charge in [0.2, 0.25) is 5.91 Å². The van der Waals surface area contributed by atoms with E-state index >= 15 is 0 Å². The van der Waals surface area contributed by atoms with Crippen molar-refractivity contribution in [2.24, 2.45) is 11.8 Å². The third-order valence-corrected chi connectivity index (χ3v) is 5.33. The average molecular weight is 280 g/mol. The summed E-state index contributed by atoms with van der Waals surface area (Å²) >= 11 is 0. The molecule has 0 spiro atoms. The molecule has 3 aliphatic rings. The second kappa shape index (κ2) is 6.02. The number of piperidine rings is 2. The van der Waals surface area contributed by atoms with Crippen LogP contribution in [0.3, 0.4) is 0 Å².